The molecule has 1 saturated heterocycles. The third kappa shape index (κ3) is 4.74. The number of rotatable bonds is 5. The monoisotopic (exact) mass is 420 g/mol. The summed E-state index contributed by atoms with van der Waals surface area (Å²) in [6.07, 6.45) is 1.34. The molecule has 3 rings (SSSR count). The highest BCUT2D eigenvalue weighted by atomic mass is 35.5. The number of sulfonamides is 1. The molecular formula is C21H25ClN2O3S. The molecule has 1 fully saturated rings. The van der Waals surface area contributed by atoms with Crippen molar-refractivity contribution in [2.45, 2.75) is 37.6 Å². The molecule has 1 heterocycles. The van der Waals surface area contributed by atoms with E-state index < -0.39 is 10.0 Å². The van der Waals surface area contributed by atoms with Crippen LogP contribution in [0.5, 0.6) is 0 Å². The summed E-state index contributed by atoms with van der Waals surface area (Å²) < 4.78 is 27.2. The zero-order chi connectivity index (χ0) is 20.3. The lowest BCUT2D eigenvalue weighted by Crippen LogP contribution is -2.45. The first kappa shape index (κ1) is 20.8. The van der Waals surface area contributed by atoms with Gasteiger partial charge in [-0.2, -0.15) is 4.31 Å². The minimum Gasteiger partial charge on any atom is -0.349 e. The van der Waals surface area contributed by atoms with Crippen LogP contribution in [0.3, 0.4) is 0 Å². The Kier molecular flexibility index (Phi) is 6.43. The first-order valence-electron chi connectivity index (χ1n) is 9.40. The summed E-state index contributed by atoms with van der Waals surface area (Å²) in [6, 6.07) is 14.0. The minimum absolute atomic E-state index is 0.107. The van der Waals surface area contributed by atoms with Crippen LogP contribution < -0.4 is 5.32 Å². The van der Waals surface area contributed by atoms with Gasteiger partial charge >= 0.3 is 0 Å². The Morgan fingerprint density at radius 1 is 1.14 bits per heavy atom. The van der Waals surface area contributed by atoms with Gasteiger partial charge in [0, 0.05) is 18.1 Å². The lowest BCUT2D eigenvalue weighted by atomic mass is 9.97. The Morgan fingerprint density at radius 3 is 2.43 bits per heavy atom. The van der Waals surface area contributed by atoms with E-state index in [2.05, 4.69) is 5.32 Å². The fraction of sp³-hybridized carbons (Fsp3) is 0.381. The Bertz CT molecular complexity index is 927. The Morgan fingerprint density at radius 2 is 1.79 bits per heavy atom. The number of nitrogens with one attached hydrogen (secondary N) is 1. The zero-order valence-electron chi connectivity index (χ0n) is 16.1. The number of piperidine rings is 1. The van der Waals surface area contributed by atoms with Gasteiger partial charge in [0.25, 0.3) is 0 Å². The van der Waals surface area contributed by atoms with Crippen molar-refractivity contribution in [1.82, 2.24) is 9.62 Å². The molecule has 0 aliphatic carbocycles. The van der Waals surface area contributed by atoms with Crippen LogP contribution >= 0.6 is 11.6 Å². The van der Waals surface area contributed by atoms with E-state index in [-0.39, 0.29) is 29.3 Å². The quantitative estimate of drug-likeness (QED) is 0.796. The number of hydrogen-bond donors (Lipinski definition) is 1. The summed E-state index contributed by atoms with van der Waals surface area (Å²) in [7, 11) is -3.64. The van der Waals surface area contributed by atoms with Gasteiger partial charge in [0.2, 0.25) is 15.9 Å². The van der Waals surface area contributed by atoms with E-state index in [9.17, 15) is 13.2 Å². The number of carbonyl (C=O) groups excluding carboxylic acids is 1. The van der Waals surface area contributed by atoms with Crippen molar-refractivity contribution in [3.05, 3.63) is 64.7 Å². The van der Waals surface area contributed by atoms with E-state index in [1.807, 2.05) is 38.1 Å². The van der Waals surface area contributed by atoms with Gasteiger partial charge in [-0.3, -0.25) is 4.79 Å². The van der Waals surface area contributed by atoms with Crippen LogP contribution in [0.4, 0.5) is 0 Å². The van der Waals surface area contributed by atoms with Gasteiger partial charge in [0.1, 0.15) is 0 Å². The molecule has 1 aliphatic rings. The molecule has 1 amide bonds. The highest BCUT2D eigenvalue weighted by Gasteiger charge is 2.33. The predicted molar refractivity (Wildman–Crippen MR) is 111 cm³/mol. The fourth-order valence-corrected chi connectivity index (χ4v) is 5.05. The van der Waals surface area contributed by atoms with Crippen LogP contribution in [-0.4, -0.2) is 31.7 Å². The lowest BCUT2D eigenvalue weighted by molar-refractivity contribution is -0.126. The van der Waals surface area contributed by atoms with E-state index in [1.54, 1.807) is 12.1 Å². The topological polar surface area (TPSA) is 66.5 Å². The second-order valence-corrected chi connectivity index (χ2v) is 9.67. The van der Waals surface area contributed by atoms with Crippen molar-refractivity contribution in [3.8, 4) is 0 Å². The molecule has 0 saturated carbocycles. The third-order valence-electron chi connectivity index (χ3n) is 5.14. The second kappa shape index (κ2) is 8.64. The molecule has 0 spiro atoms. The maximum Gasteiger partial charge on any atom is 0.243 e. The average molecular weight is 421 g/mol. The van der Waals surface area contributed by atoms with Gasteiger partial charge < -0.3 is 5.32 Å². The van der Waals surface area contributed by atoms with E-state index in [4.69, 9.17) is 11.6 Å². The normalized spacial score (nSPS) is 19.2. The Labute approximate surface area is 171 Å². The summed E-state index contributed by atoms with van der Waals surface area (Å²) in [5.74, 6) is -0.465. The number of amides is 1. The molecule has 7 heteroatoms. The van der Waals surface area contributed by atoms with Gasteiger partial charge in [-0.1, -0.05) is 41.4 Å². The van der Waals surface area contributed by atoms with Crippen molar-refractivity contribution >= 4 is 27.5 Å². The molecule has 5 nitrogen and oxygen atoms in total. The van der Waals surface area contributed by atoms with Crippen molar-refractivity contribution in [2.75, 3.05) is 13.1 Å². The molecule has 28 heavy (non-hydrogen) atoms. The number of nitrogens with zero attached hydrogens (tertiary/aromatic N) is 1. The van der Waals surface area contributed by atoms with Crippen LogP contribution in [-0.2, 0) is 14.8 Å². The highest BCUT2D eigenvalue weighted by molar-refractivity contribution is 7.89. The van der Waals surface area contributed by atoms with Crippen LogP contribution in [0.2, 0.25) is 5.02 Å². The van der Waals surface area contributed by atoms with Crippen molar-refractivity contribution in [2.24, 2.45) is 5.92 Å². The van der Waals surface area contributed by atoms with Gasteiger partial charge in [0.15, 0.2) is 0 Å². The first-order chi connectivity index (χ1) is 13.3. The molecule has 0 aromatic heterocycles. The SMILES string of the molecule is Cc1ccc([C@@H](C)NC(=O)[C@@H]2CCCN(S(=O)(=O)c3ccc(Cl)cc3)C2)cc1. The number of carbonyl (C=O) groups is 1. The number of aryl methyl sites for hydroxylation is 1. The first-order valence-corrected chi connectivity index (χ1v) is 11.2. The second-order valence-electron chi connectivity index (χ2n) is 7.30. The number of benzene rings is 2. The summed E-state index contributed by atoms with van der Waals surface area (Å²) in [4.78, 5) is 13.0. The average Bonchev–Trinajstić information content (AvgIpc) is 2.69. The van der Waals surface area contributed by atoms with E-state index in [0.717, 1.165) is 11.1 Å². The molecule has 1 N–H and O–H groups in total. The molecule has 1 aliphatic heterocycles. The van der Waals surface area contributed by atoms with Crippen molar-refractivity contribution in [1.29, 1.82) is 0 Å². The van der Waals surface area contributed by atoms with Gasteiger partial charge in [-0.25, -0.2) is 8.42 Å². The molecule has 150 valence electrons. The largest absolute Gasteiger partial charge is 0.349 e. The van der Waals surface area contributed by atoms with E-state index in [1.165, 1.54) is 16.4 Å². The maximum absolute atomic E-state index is 12.9. The standard InChI is InChI=1S/C21H25ClN2O3S/c1-15-5-7-17(8-6-15)16(2)23-21(25)18-4-3-13-24(14-18)28(26,27)20-11-9-19(22)10-12-20/h5-12,16,18H,3-4,13-14H2,1-2H3,(H,23,25)/t16-,18-/m1/s1. The number of hydrogen-bond acceptors (Lipinski definition) is 3. The highest BCUT2D eigenvalue weighted by Crippen LogP contribution is 2.25. The molecule has 2 aromatic carbocycles. The van der Waals surface area contributed by atoms with E-state index >= 15 is 0 Å². The molecule has 2 aromatic rings. The van der Waals surface area contributed by atoms with Crippen LogP contribution in [0.25, 0.3) is 0 Å². The minimum atomic E-state index is -3.64. The maximum atomic E-state index is 12.9. The summed E-state index contributed by atoms with van der Waals surface area (Å²) in [6.45, 7) is 4.57. The van der Waals surface area contributed by atoms with Crippen LogP contribution in [0.1, 0.15) is 36.9 Å². The molecular weight excluding hydrogens is 396 g/mol. The van der Waals surface area contributed by atoms with Crippen LogP contribution in [0.15, 0.2) is 53.4 Å². The predicted octanol–water partition coefficient (Wildman–Crippen LogP) is 3.93. The summed E-state index contributed by atoms with van der Waals surface area (Å²) >= 11 is 5.86. The number of halogens is 1. The third-order valence-corrected chi connectivity index (χ3v) is 7.27. The molecule has 2 atom stereocenters. The smallest absolute Gasteiger partial charge is 0.243 e. The Balaban J connectivity index is 1.67. The summed E-state index contributed by atoms with van der Waals surface area (Å²) in [5, 5.41) is 3.51. The van der Waals surface area contributed by atoms with E-state index in [0.29, 0.717) is 24.4 Å². The van der Waals surface area contributed by atoms with Crippen molar-refractivity contribution < 1.29 is 13.2 Å². The van der Waals surface area contributed by atoms with Gasteiger partial charge in [-0.05, 0) is 56.5 Å². The summed E-state index contributed by atoms with van der Waals surface area (Å²) in [5.41, 5.74) is 2.19. The zero-order valence-corrected chi connectivity index (χ0v) is 17.6. The molecule has 0 unspecified atom stereocenters. The molecule has 0 radical (unpaired) electrons. The van der Waals surface area contributed by atoms with Crippen molar-refractivity contribution in [3.63, 3.8) is 0 Å². The van der Waals surface area contributed by atoms with Crippen LogP contribution in [0, 0.1) is 12.8 Å². The fourth-order valence-electron chi connectivity index (χ4n) is 3.40. The Hall–Kier alpha value is -1.89. The lowest BCUT2D eigenvalue weighted by Gasteiger charge is -2.32. The van der Waals surface area contributed by atoms with Gasteiger partial charge in [0.05, 0.1) is 16.9 Å². The molecule has 0 bridgehead atoms. The van der Waals surface area contributed by atoms with Gasteiger partial charge in [-0.15, -0.1) is 0 Å².